The summed E-state index contributed by atoms with van der Waals surface area (Å²) in [5, 5.41) is 12.2. The number of para-hydroxylation sites is 1. The lowest BCUT2D eigenvalue weighted by molar-refractivity contribution is -0.117. The first kappa shape index (κ1) is 23.4. The Kier molecular flexibility index (Phi) is 5.81. The zero-order valence-electron chi connectivity index (χ0n) is 19.5. The largest absolute Gasteiger partial charge is 0.503 e. The Balaban J connectivity index is 1.48. The van der Waals surface area contributed by atoms with Gasteiger partial charge in [-0.15, -0.1) is 0 Å². The second-order valence-corrected chi connectivity index (χ2v) is 10.4. The summed E-state index contributed by atoms with van der Waals surface area (Å²) in [5.74, 6) is -1.13. The number of Topliss-reactive ketones (excluding diaryl/α,β-unsaturated/α-hetero) is 1. The van der Waals surface area contributed by atoms with Crippen molar-refractivity contribution in [2.45, 2.75) is 13.0 Å². The van der Waals surface area contributed by atoms with Crippen molar-refractivity contribution in [3.8, 4) is 5.75 Å². The summed E-state index contributed by atoms with van der Waals surface area (Å²) in [6.07, 6.45) is 0. The molecule has 0 aliphatic carbocycles. The first-order valence-electron chi connectivity index (χ1n) is 11.5. The van der Waals surface area contributed by atoms with Crippen molar-refractivity contribution in [2.24, 2.45) is 0 Å². The molecule has 2 aromatic heterocycles. The lowest BCUT2D eigenvalue weighted by Gasteiger charge is -2.24. The van der Waals surface area contributed by atoms with Crippen molar-refractivity contribution in [2.75, 3.05) is 11.5 Å². The van der Waals surface area contributed by atoms with Gasteiger partial charge >= 0.3 is 0 Å². The number of aliphatic hydroxyl groups is 1. The predicted molar refractivity (Wildman–Crippen MR) is 145 cm³/mol. The van der Waals surface area contributed by atoms with Crippen molar-refractivity contribution in [3.63, 3.8) is 0 Å². The maximum Gasteiger partial charge on any atom is 0.296 e. The minimum Gasteiger partial charge on any atom is -0.503 e. The molecule has 1 N–H and O–H groups in total. The molecule has 1 aliphatic rings. The van der Waals surface area contributed by atoms with Crippen molar-refractivity contribution < 1.29 is 23.8 Å². The highest BCUT2D eigenvalue weighted by atomic mass is 79.9. The van der Waals surface area contributed by atoms with Crippen LogP contribution < -0.4 is 9.64 Å². The number of ether oxygens (including phenoxy) is 1. The third-order valence-corrected chi connectivity index (χ3v) is 7.70. The summed E-state index contributed by atoms with van der Waals surface area (Å²) >= 11 is 4.72. The number of carbonyl (C=O) groups is 2. The third-order valence-electron chi connectivity index (χ3n) is 6.15. The van der Waals surface area contributed by atoms with Gasteiger partial charge < -0.3 is 14.3 Å². The molecule has 1 amide bonds. The van der Waals surface area contributed by atoms with E-state index in [9.17, 15) is 14.7 Å². The maximum atomic E-state index is 13.8. The van der Waals surface area contributed by atoms with Crippen LogP contribution in [0.4, 0.5) is 5.13 Å². The average Bonchev–Trinajstić information content (AvgIpc) is 3.58. The fourth-order valence-electron chi connectivity index (χ4n) is 4.47. The van der Waals surface area contributed by atoms with E-state index in [1.165, 1.54) is 16.2 Å². The molecule has 0 saturated carbocycles. The van der Waals surface area contributed by atoms with Crippen LogP contribution in [0, 0.1) is 0 Å². The quantitative estimate of drug-likeness (QED) is 0.220. The molecule has 1 atom stereocenters. The molecule has 1 aliphatic heterocycles. The van der Waals surface area contributed by atoms with Crippen LogP contribution in [-0.2, 0) is 4.79 Å². The monoisotopic (exact) mass is 574 g/mol. The van der Waals surface area contributed by atoms with E-state index in [2.05, 4.69) is 20.9 Å². The van der Waals surface area contributed by atoms with Gasteiger partial charge in [0.05, 0.1) is 28.4 Å². The summed E-state index contributed by atoms with van der Waals surface area (Å²) in [6.45, 7) is 2.43. The topological polar surface area (TPSA) is 92.9 Å². The van der Waals surface area contributed by atoms with Gasteiger partial charge in [0.2, 0.25) is 5.78 Å². The fraction of sp³-hybridized carbons (Fsp3) is 0.107. The number of benzene rings is 3. The highest BCUT2D eigenvalue weighted by Crippen LogP contribution is 2.45. The SMILES string of the molecule is CCOc1ccc2nc(N3C(=O)C(O)=C(C(=O)c4cc5ccccc5o4)C3c3ccc(Br)cc3)sc2c1. The molecular formula is C28H19BrN2O5S. The molecule has 0 fully saturated rings. The average molecular weight is 575 g/mol. The predicted octanol–water partition coefficient (Wildman–Crippen LogP) is 6.99. The zero-order valence-corrected chi connectivity index (χ0v) is 21.9. The number of amides is 1. The van der Waals surface area contributed by atoms with Crippen LogP contribution in [0.15, 0.2) is 93.0 Å². The first-order valence-corrected chi connectivity index (χ1v) is 13.1. The van der Waals surface area contributed by atoms with Crippen molar-refractivity contribution in [3.05, 3.63) is 99.9 Å². The number of thiazole rings is 1. The number of anilines is 1. The molecule has 37 heavy (non-hydrogen) atoms. The van der Waals surface area contributed by atoms with Gasteiger partial charge in [-0.05, 0) is 55.0 Å². The van der Waals surface area contributed by atoms with E-state index >= 15 is 0 Å². The Morgan fingerprint density at radius 3 is 2.68 bits per heavy atom. The van der Waals surface area contributed by atoms with Crippen LogP contribution in [0.3, 0.4) is 0 Å². The van der Waals surface area contributed by atoms with Gasteiger partial charge in [0.25, 0.3) is 5.91 Å². The molecule has 0 bridgehead atoms. The van der Waals surface area contributed by atoms with Crippen LogP contribution in [-0.4, -0.2) is 28.4 Å². The number of rotatable bonds is 6. The van der Waals surface area contributed by atoms with Crippen LogP contribution in [0.25, 0.3) is 21.2 Å². The van der Waals surface area contributed by atoms with E-state index < -0.39 is 23.5 Å². The Bertz CT molecular complexity index is 1690. The number of nitrogens with zero attached hydrogens (tertiary/aromatic N) is 2. The van der Waals surface area contributed by atoms with Crippen LogP contribution in [0.1, 0.15) is 29.1 Å². The first-order chi connectivity index (χ1) is 17.9. The number of halogens is 1. The van der Waals surface area contributed by atoms with E-state index in [0.717, 1.165) is 14.6 Å². The van der Waals surface area contributed by atoms with Gasteiger partial charge in [-0.25, -0.2) is 4.98 Å². The number of aliphatic hydroxyl groups excluding tert-OH is 1. The minimum atomic E-state index is -0.895. The second-order valence-electron chi connectivity index (χ2n) is 8.43. The summed E-state index contributed by atoms with van der Waals surface area (Å²) in [4.78, 5) is 33.3. The van der Waals surface area contributed by atoms with E-state index in [1.54, 1.807) is 24.3 Å². The summed E-state index contributed by atoms with van der Waals surface area (Å²) in [5.41, 5.74) is 1.82. The number of fused-ring (bicyclic) bond motifs is 2. The van der Waals surface area contributed by atoms with Crippen LogP contribution in [0.5, 0.6) is 5.75 Å². The van der Waals surface area contributed by atoms with Gasteiger partial charge in [-0.2, -0.15) is 0 Å². The lowest BCUT2D eigenvalue weighted by Crippen LogP contribution is -2.30. The molecule has 5 aromatic rings. The smallest absolute Gasteiger partial charge is 0.296 e. The van der Waals surface area contributed by atoms with E-state index in [0.29, 0.717) is 34.2 Å². The number of ketones is 1. The molecular weight excluding hydrogens is 556 g/mol. The molecule has 3 aromatic carbocycles. The van der Waals surface area contributed by atoms with Crippen molar-refractivity contribution in [1.29, 1.82) is 0 Å². The van der Waals surface area contributed by atoms with Gasteiger partial charge in [-0.3, -0.25) is 14.5 Å². The van der Waals surface area contributed by atoms with Gasteiger partial charge in [0.1, 0.15) is 11.3 Å². The highest BCUT2D eigenvalue weighted by molar-refractivity contribution is 9.10. The van der Waals surface area contributed by atoms with Crippen LogP contribution >= 0.6 is 27.3 Å². The standard InChI is InChI=1S/C28H19BrN2O5S/c1-2-35-18-11-12-19-22(14-18)37-28(30-19)31-24(15-7-9-17(29)10-8-15)23(26(33)27(31)34)25(32)21-13-16-5-3-4-6-20(16)36-21/h3-14,24,33H,2H2,1H3. The molecule has 0 radical (unpaired) electrons. The van der Waals surface area contributed by atoms with Gasteiger partial charge in [0, 0.05) is 9.86 Å². The van der Waals surface area contributed by atoms with Crippen molar-refractivity contribution in [1.82, 2.24) is 4.98 Å². The zero-order chi connectivity index (χ0) is 25.7. The Hall–Kier alpha value is -3.95. The number of hydrogen-bond donors (Lipinski definition) is 1. The molecule has 9 heteroatoms. The second kappa shape index (κ2) is 9.17. The number of furan rings is 1. The fourth-order valence-corrected chi connectivity index (χ4v) is 5.76. The minimum absolute atomic E-state index is 0.0465. The maximum absolute atomic E-state index is 13.8. The Labute approximate surface area is 223 Å². The van der Waals surface area contributed by atoms with Gasteiger partial charge in [-0.1, -0.05) is 57.6 Å². The van der Waals surface area contributed by atoms with E-state index in [-0.39, 0.29) is 11.3 Å². The lowest BCUT2D eigenvalue weighted by atomic mass is 9.95. The molecule has 7 nitrogen and oxygen atoms in total. The van der Waals surface area contributed by atoms with Gasteiger partial charge in [0.15, 0.2) is 16.7 Å². The van der Waals surface area contributed by atoms with E-state index in [4.69, 9.17) is 9.15 Å². The molecule has 6 rings (SSSR count). The Morgan fingerprint density at radius 2 is 1.92 bits per heavy atom. The third kappa shape index (κ3) is 4.00. The van der Waals surface area contributed by atoms with Crippen LogP contribution in [0.2, 0.25) is 0 Å². The molecule has 184 valence electrons. The molecule has 1 unspecified atom stereocenters. The molecule has 0 spiro atoms. The van der Waals surface area contributed by atoms with E-state index in [1.807, 2.05) is 55.5 Å². The number of carbonyl (C=O) groups excluding carboxylic acids is 2. The number of aromatic nitrogens is 1. The molecule has 3 heterocycles. The highest BCUT2D eigenvalue weighted by Gasteiger charge is 2.46. The summed E-state index contributed by atoms with van der Waals surface area (Å²) in [6, 6.07) is 20.7. The number of hydrogen-bond acceptors (Lipinski definition) is 7. The molecule has 0 saturated heterocycles. The van der Waals surface area contributed by atoms with Crippen molar-refractivity contribution >= 4 is 65.3 Å². The summed E-state index contributed by atoms with van der Waals surface area (Å²) < 4.78 is 13.1. The normalized spacial score (nSPS) is 15.8. The summed E-state index contributed by atoms with van der Waals surface area (Å²) in [7, 11) is 0. The Morgan fingerprint density at radius 1 is 1.14 bits per heavy atom.